The van der Waals surface area contributed by atoms with Crippen LogP contribution in [0.25, 0.3) is 0 Å². The molecule has 0 spiro atoms. The molecule has 25 heavy (non-hydrogen) atoms. The SMILES string of the molecule is CCOc1ccc(OCC)c(NC(=S)Nc2ccc(OC)c(Cl)c2)c1. The summed E-state index contributed by atoms with van der Waals surface area (Å²) >= 11 is 11.5. The molecule has 0 aliphatic rings. The molecule has 2 aromatic rings. The van der Waals surface area contributed by atoms with E-state index < -0.39 is 0 Å². The van der Waals surface area contributed by atoms with Crippen LogP contribution in [0.15, 0.2) is 36.4 Å². The second-order valence-corrected chi connectivity index (χ2v) is 5.77. The number of halogens is 1. The van der Waals surface area contributed by atoms with Gasteiger partial charge in [-0.25, -0.2) is 0 Å². The van der Waals surface area contributed by atoms with Crippen LogP contribution >= 0.6 is 23.8 Å². The second-order valence-electron chi connectivity index (χ2n) is 4.95. The zero-order chi connectivity index (χ0) is 18.2. The first-order valence-corrected chi connectivity index (χ1v) is 8.67. The van der Waals surface area contributed by atoms with Gasteiger partial charge in [0, 0.05) is 11.8 Å². The summed E-state index contributed by atoms with van der Waals surface area (Å²) in [5.74, 6) is 2.04. The summed E-state index contributed by atoms with van der Waals surface area (Å²) in [5.41, 5.74) is 1.48. The Morgan fingerprint density at radius 2 is 1.72 bits per heavy atom. The molecular formula is C18H21ClN2O3S. The van der Waals surface area contributed by atoms with Crippen molar-refractivity contribution in [2.45, 2.75) is 13.8 Å². The number of nitrogens with one attached hydrogen (secondary N) is 2. The Morgan fingerprint density at radius 3 is 2.36 bits per heavy atom. The van der Waals surface area contributed by atoms with Gasteiger partial charge in [-0.15, -0.1) is 0 Å². The maximum absolute atomic E-state index is 6.13. The fourth-order valence-corrected chi connectivity index (χ4v) is 2.66. The summed E-state index contributed by atoms with van der Waals surface area (Å²) in [4.78, 5) is 0. The number of ether oxygens (including phenoxy) is 3. The van der Waals surface area contributed by atoms with Gasteiger partial charge in [0.05, 0.1) is 31.0 Å². The Labute approximate surface area is 158 Å². The number of anilines is 2. The van der Waals surface area contributed by atoms with Crippen LogP contribution in [0.4, 0.5) is 11.4 Å². The standard InChI is InChI=1S/C18H21ClN2O3S/c1-4-23-13-7-9-17(24-5-2)15(11-13)21-18(25)20-12-6-8-16(22-3)14(19)10-12/h6-11H,4-5H2,1-3H3,(H2,20,21,25). The number of thiocarbonyl (C=S) groups is 1. The third kappa shape index (κ3) is 5.41. The van der Waals surface area contributed by atoms with Crippen molar-refractivity contribution in [3.63, 3.8) is 0 Å². The lowest BCUT2D eigenvalue weighted by atomic mass is 10.2. The third-order valence-corrected chi connectivity index (χ3v) is 3.72. The highest BCUT2D eigenvalue weighted by Crippen LogP contribution is 2.30. The highest BCUT2D eigenvalue weighted by molar-refractivity contribution is 7.80. The highest BCUT2D eigenvalue weighted by atomic mass is 35.5. The summed E-state index contributed by atoms with van der Waals surface area (Å²) in [5, 5.41) is 7.14. The van der Waals surface area contributed by atoms with Gasteiger partial charge in [0.15, 0.2) is 5.11 Å². The minimum Gasteiger partial charge on any atom is -0.495 e. The highest BCUT2D eigenvalue weighted by Gasteiger charge is 2.09. The molecule has 0 saturated carbocycles. The van der Waals surface area contributed by atoms with Gasteiger partial charge in [0.25, 0.3) is 0 Å². The van der Waals surface area contributed by atoms with Crippen molar-refractivity contribution in [2.75, 3.05) is 31.0 Å². The molecule has 0 amide bonds. The van der Waals surface area contributed by atoms with Crippen molar-refractivity contribution in [1.82, 2.24) is 0 Å². The first kappa shape index (κ1) is 19.1. The summed E-state index contributed by atoms with van der Waals surface area (Å²) in [7, 11) is 1.57. The van der Waals surface area contributed by atoms with E-state index in [1.165, 1.54) is 0 Å². The van der Waals surface area contributed by atoms with Gasteiger partial charge < -0.3 is 24.8 Å². The van der Waals surface area contributed by atoms with Crippen LogP contribution in [0.2, 0.25) is 5.02 Å². The number of hydrogen-bond donors (Lipinski definition) is 2. The smallest absolute Gasteiger partial charge is 0.175 e. The van der Waals surface area contributed by atoms with E-state index in [0.717, 1.165) is 17.1 Å². The number of rotatable bonds is 7. The first-order valence-electron chi connectivity index (χ1n) is 7.88. The number of hydrogen-bond acceptors (Lipinski definition) is 4. The minimum atomic E-state index is 0.413. The predicted molar refractivity (Wildman–Crippen MR) is 107 cm³/mol. The van der Waals surface area contributed by atoms with Crippen LogP contribution in [0.3, 0.4) is 0 Å². The molecule has 5 nitrogen and oxygen atoms in total. The molecule has 0 atom stereocenters. The fraction of sp³-hybridized carbons (Fsp3) is 0.278. The summed E-state index contributed by atoms with van der Waals surface area (Å²) in [6.45, 7) is 5.00. The van der Waals surface area contributed by atoms with Gasteiger partial charge in [-0.2, -0.15) is 0 Å². The number of methoxy groups -OCH3 is 1. The third-order valence-electron chi connectivity index (χ3n) is 3.22. The largest absolute Gasteiger partial charge is 0.495 e. The van der Waals surface area contributed by atoms with Crippen LogP contribution in [0, 0.1) is 0 Å². The van der Waals surface area contributed by atoms with Gasteiger partial charge in [0.2, 0.25) is 0 Å². The van der Waals surface area contributed by atoms with Crippen molar-refractivity contribution in [3.05, 3.63) is 41.4 Å². The average molecular weight is 381 g/mol. The van der Waals surface area contributed by atoms with Crippen LogP contribution in [-0.4, -0.2) is 25.4 Å². The average Bonchev–Trinajstić information content (AvgIpc) is 2.58. The summed E-state index contributed by atoms with van der Waals surface area (Å²) < 4.78 is 16.3. The van der Waals surface area contributed by atoms with E-state index in [1.807, 2.05) is 38.1 Å². The van der Waals surface area contributed by atoms with Gasteiger partial charge in [-0.05, 0) is 56.4 Å². The fourth-order valence-electron chi connectivity index (χ4n) is 2.17. The van der Waals surface area contributed by atoms with E-state index in [-0.39, 0.29) is 0 Å². The molecule has 0 bridgehead atoms. The zero-order valence-corrected chi connectivity index (χ0v) is 16.0. The second kappa shape index (κ2) is 9.34. The predicted octanol–water partition coefficient (Wildman–Crippen LogP) is 4.95. The molecule has 0 heterocycles. The maximum atomic E-state index is 6.13. The van der Waals surface area contributed by atoms with E-state index in [4.69, 9.17) is 38.0 Å². The minimum absolute atomic E-state index is 0.413. The molecule has 2 aromatic carbocycles. The van der Waals surface area contributed by atoms with E-state index in [2.05, 4.69) is 10.6 Å². The van der Waals surface area contributed by atoms with Crippen LogP contribution in [-0.2, 0) is 0 Å². The Kier molecular flexibility index (Phi) is 7.16. The molecule has 0 aromatic heterocycles. The van der Waals surface area contributed by atoms with Gasteiger partial charge >= 0.3 is 0 Å². The topological polar surface area (TPSA) is 51.8 Å². The molecule has 0 radical (unpaired) electrons. The lowest BCUT2D eigenvalue weighted by Crippen LogP contribution is -2.19. The van der Waals surface area contributed by atoms with E-state index in [1.54, 1.807) is 19.2 Å². The van der Waals surface area contributed by atoms with Crippen LogP contribution in [0.5, 0.6) is 17.2 Å². The Hall–Kier alpha value is -2.18. The maximum Gasteiger partial charge on any atom is 0.175 e. The van der Waals surface area contributed by atoms with Crippen LogP contribution in [0.1, 0.15) is 13.8 Å². The van der Waals surface area contributed by atoms with E-state index in [9.17, 15) is 0 Å². The zero-order valence-electron chi connectivity index (χ0n) is 14.4. The molecule has 0 aliphatic carbocycles. The monoisotopic (exact) mass is 380 g/mol. The lowest BCUT2D eigenvalue weighted by Gasteiger charge is -2.16. The Bertz CT molecular complexity index is 740. The molecule has 134 valence electrons. The van der Waals surface area contributed by atoms with E-state index >= 15 is 0 Å². The lowest BCUT2D eigenvalue weighted by molar-refractivity contribution is 0.332. The Balaban J connectivity index is 2.13. The van der Waals surface area contributed by atoms with Crippen molar-refractivity contribution >= 4 is 40.3 Å². The first-order chi connectivity index (χ1) is 12.1. The molecule has 0 saturated heterocycles. The van der Waals surface area contributed by atoms with Crippen molar-refractivity contribution in [3.8, 4) is 17.2 Å². The van der Waals surface area contributed by atoms with Gasteiger partial charge in [-0.1, -0.05) is 11.6 Å². The molecular weight excluding hydrogens is 360 g/mol. The van der Waals surface area contributed by atoms with E-state index in [0.29, 0.717) is 34.8 Å². The molecule has 7 heteroatoms. The molecule has 2 rings (SSSR count). The molecule has 2 N–H and O–H groups in total. The Morgan fingerprint density at radius 1 is 1.00 bits per heavy atom. The van der Waals surface area contributed by atoms with Gasteiger partial charge in [-0.3, -0.25) is 0 Å². The molecule has 0 fully saturated rings. The molecule has 0 unspecified atom stereocenters. The quantitative estimate of drug-likeness (QED) is 0.662. The van der Waals surface area contributed by atoms with Crippen molar-refractivity contribution in [2.24, 2.45) is 0 Å². The molecule has 0 aliphatic heterocycles. The summed E-state index contributed by atoms with van der Waals surface area (Å²) in [6, 6.07) is 10.9. The van der Waals surface area contributed by atoms with Crippen LogP contribution < -0.4 is 24.8 Å². The van der Waals surface area contributed by atoms with Crippen molar-refractivity contribution in [1.29, 1.82) is 0 Å². The van der Waals surface area contributed by atoms with Gasteiger partial charge in [0.1, 0.15) is 17.2 Å². The van der Waals surface area contributed by atoms with Crippen molar-refractivity contribution < 1.29 is 14.2 Å². The number of benzene rings is 2. The normalized spacial score (nSPS) is 10.1. The summed E-state index contributed by atoms with van der Waals surface area (Å²) in [6.07, 6.45) is 0.